The largest absolute Gasteiger partial charge is 0.346 e. The number of ketones is 1. The Morgan fingerprint density at radius 1 is 1.06 bits per heavy atom. The number of aromatic nitrogens is 1. The molecule has 0 saturated carbocycles. The first-order valence-corrected chi connectivity index (χ1v) is 12.1. The number of rotatable bonds is 10. The number of halogens is 1. The van der Waals surface area contributed by atoms with Crippen LogP contribution in [0, 0.1) is 17.8 Å². The van der Waals surface area contributed by atoms with Crippen LogP contribution in [0.1, 0.15) is 55.7 Å². The van der Waals surface area contributed by atoms with E-state index in [1.165, 1.54) is 12.3 Å². The lowest BCUT2D eigenvalue weighted by molar-refractivity contribution is -0.137. The Morgan fingerprint density at radius 3 is 2.36 bits per heavy atom. The topological polar surface area (TPSA) is 134 Å². The van der Waals surface area contributed by atoms with Crippen molar-refractivity contribution < 1.29 is 24.0 Å². The molecular weight excluding hydrogens is 484 g/mol. The Morgan fingerprint density at radius 2 is 1.75 bits per heavy atom. The molecule has 4 amide bonds. The second-order valence-corrected chi connectivity index (χ2v) is 9.47. The van der Waals surface area contributed by atoms with Gasteiger partial charge in [0.05, 0.1) is 24.4 Å². The van der Waals surface area contributed by atoms with Crippen LogP contribution in [-0.2, 0) is 19.2 Å². The van der Waals surface area contributed by atoms with Crippen molar-refractivity contribution in [2.75, 3.05) is 0 Å². The molecule has 1 aliphatic rings. The molecule has 1 aromatic carbocycles. The Kier molecular flexibility index (Phi) is 8.93. The fraction of sp³-hybridized carbons (Fsp3) is 0.385. The van der Waals surface area contributed by atoms with Crippen molar-refractivity contribution in [3.8, 4) is 0 Å². The Labute approximate surface area is 214 Å². The third-order valence-corrected chi connectivity index (χ3v) is 6.39. The maximum Gasteiger partial charge on any atom is 0.270 e. The molecule has 2 heterocycles. The molecule has 1 unspecified atom stereocenters. The minimum Gasteiger partial charge on any atom is -0.346 e. The second kappa shape index (κ2) is 11.9. The number of pyridine rings is 1. The number of amides is 4. The highest BCUT2D eigenvalue weighted by atomic mass is 35.5. The van der Waals surface area contributed by atoms with Crippen molar-refractivity contribution in [3.05, 3.63) is 64.9 Å². The number of nitrogens with zero attached hydrogens (tertiary/aromatic N) is 1. The van der Waals surface area contributed by atoms with Crippen LogP contribution in [0.2, 0.25) is 5.02 Å². The molecule has 3 rings (SSSR count). The molecule has 1 aromatic heterocycles. The first-order chi connectivity index (χ1) is 17.1. The summed E-state index contributed by atoms with van der Waals surface area (Å²) in [6.45, 7) is 5.23. The molecule has 1 saturated heterocycles. The molecule has 9 nitrogen and oxygen atoms in total. The molecule has 36 heavy (non-hydrogen) atoms. The summed E-state index contributed by atoms with van der Waals surface area (Å²) in [6, 6.07) is 10.2. The highest BCUT2D eigenvalue weighted by Crippen LogP contribution is 2.26. The number of carbonyl (C=O) groups excluding carboxylic acids is 5. The van der Waals surface area contributed by atoms with Gasteiger partial charge in [-0.25, -0.2) is 0 Å². The van der Waals surface area contributed by atoms with E-state index in [4.69, 9.17) is 11.6 Å². The zero-order valence-electron chi connectivity index (χ0n) is 20.3. The Bertz CT molecular complexity index is 1150. The minimum absolute atomic E-state index is 0.0987. The van der Waals surface area contributed by atoms with E-state index in [0.717, 1.165) is 0 Å². The van der Waals surface area contributed by atoms with E-state index in [0.29, 0.717) is 17.0 Å². The van der Waals surface area contributed by atoms with E-state index in [-0.39, 0.29) is 18.0 Å². The van der Waals surface area contributed by atoms with E-state index in [9.17, 15) is 24.0 Å². The van der Waals surface area contributed by atoms with Crippen LogP contribution in [0.15, 0.2) is 48.7 Å². The summed E-state index contributed by atoms with van der Waals surface area (Å²) >= 11 is 5.97. The smallest absolute Gasteiger partial charge is 0.270 e. The zero-order chi connectivity index (χ0) is 26.4. The highest BCUT2D eigenvalue weighted by molar-refractivity contribution is 6.30. The first-order valence-electron chi connectivity index (χ1n) is 11.8. The summed E-state index contributed by atoms with van der Waals surface area (Å²) in [5, 5.41) is 8.10. The van der Waals surface area contributed by atoms with Gasteiger partial charge in [0.1, 0.15) is 11.6 Å². The van der Waals surface area contributed by atoms with Crippen LogP contribution in [0.4, 0.5) is 0 Å². The summed E-state index contributed by atoms with van der Waals surface area (Å²) < 4.78 is 0. The predicted octanol–water partition coefficient (Wildman–Crippen LogP) is 2.60. The SMILES string of the molecule is CCC1C(=O)NC(=O)[C@H]1C(=O)[C@@H](NC(=O)C[C@H](NC(=O)c1cc(Cl)ccn1)c1ccccc1)C(C)C. The van der Waals surface area contributed by atoms with Crippen LogP contribution in [0.5, 0.6) is 0 Å². The highest BCUT2D eigenvalue weighted by Gasteiger charge is 2.47. The van der Waals surface area contributed by atoms with E-state index >= 15 is 0 Å². The molecule has 0 bridgehead atoms. The molecule has 190 valence electrons. The number of hydrogen-bond acceptors (Lipinski definition) is 6. The number of Topliss-reactive ketones (excluding diaryl/α,β-unsaturated/α-hetero) is 1. The molecule has 2 aromatic rings. The molecule has 0 radical (unpaired) electrons. The molecule has 3 N–H and O–H groups in total. The number of carbonyl (C=O) groups is 5. The van der Waals surface area contributed by atoms with Gasteiger partial charge in [-0.05, 0) is 30.0 Å². The van der Waals surface area contributed by atoms with Crippen molar-refractivity contribution in [2.24, 2.45) is 17.8 Å². The predicted molar refractivity (Wildman–Crippen MR) is 133 cm³/mol. The van der Waals surface area contributed by atoms with Crippen LogP contribution in [-0.4, -0.2) is 40.4 Å². The Hall–Kier alpha value is -3.59. The van der Waals surface area contributed by atoms with Crippen LogP contribution >= 0.6 is 11.6 Å². The van der Waals surface area contributed by atoms with Gasteiger partial charge in [0.25, 0.3) is 5.91 Å². The second-order valence-electron chi connectivity index (χ2n) is 9.04. The standard InChI is InChI=1S/C26H29ClN4O5/c1-4-17-21(26(36)31-24(17)34)23(33)22(14(2)3)30-20(32)13-18(15-8-6-5-7-9-15)29-25(35)19-12-16(27)10-11-28-19/h5-12,14,17-18,21-22H,4,13H2,1-3H3,(H,29,35)(H,30,32)(H,31,34,36)/t17?,18-,21+,22-/m0/s1. The van der Waals surface area contributed by atoms with Gasteiger partial charge in [0.2, 0.25) is 17.7 Å². The van der Waals surface area contributed by atoms with Gasteiger partial charge < -0.3 is 10.6 Å². The van der Waals surface area contributed by atoms with Gasteiger partial charge in [-0.1, -0.05) is 62.7 Å². The molecule has 4 atom stereocenters. The number of hydrogen-bond donors (Lipinski definition) is 3. The zero-order valence-corrected chi connectivity index (χ0v) is 21.0. The minimum atomic E-state index is -1.14. The van der Waals surface area contributed by atoms with Crippen molar-refractivity contribution in [3.63, 3.8) is 0 Å². The third kappa shape index (κ3) is 6.34. The fourth-order valence-corrected chi connectivity index (χ4v) is 4.41. The fourth-order valence-electron chi connectivity index (χ4n) is 4.25. The summed E-state index contributed by atoms with van der Waals surface area (Å²) in [5.41, 5.74) is 0.781. The molecular formula is C26H29ClN4O5. The number of nitrogens with one attached hydrogen (secondary N) is 3. The summed E-state index contributed by atoms with van der Waals surface area (Å²) in [4.78, 5) is 67.6. The lowest BCUT2D eigenvalue weighted by Crippen LogP contribution is -2.49. The van der Waals surface area contributed by atoms with E-state index in [1.807, 2.05) is 6.07 Å². The van der Waals surface area contributed by atoms with E-state index in [1.54, 1.807) is 51.1 Å². The van der Waals surface area contributed by atoms with Gasteiger partial charge in [0.15, 0.2) is 5.78 Å². The average Bonchev–Trinajstić information content (AvgIpc) is 3.14. The maximum absolute atomic E-state index is 13.3. The lowest BCUT2D eigenvalue weighted by Gasteiger charge is -2.26. The summed E-state index contributed by atoms with van der Waals surface area (Å²) in [7, 11) is 0. The molecule has 0 aliphatic carbocycles. The Balaban J connectivity index is 1.78. The quantitative estimate of drug-likeness (QED) is 0.331. The van der Waals surface area contributed by atoms with E-state index in [2.05, 4.69) is 20.9 Å². The third-order valence-electron chi connectivity index (χ3n) is 6.16. The molecule has 10 heteroatoms. The van der Waals surface area contributed by atoms with Gasteiger partial charge in [-0.2, -0.15) is 0 Å². The number of imide groups is 1. The van der Waals surface area contributed by atoms with Gasteiger partial charge >= 0.3 is 0 Å². The number of benzene rings is 1. The van der Waals surface area contributed by atoms with Gasteiger partial charge in [-0.3, -0.25) is 34.3 Å². The molecule has 1 fully saturated rings. The summed E-state index contributed by atoms with van der Waals surface area (Å²) in [6.07, 6.45) is 1.57. The van der Waals surface area contributed by atoms with Crippen LogP contribution < -0.4 is 16.0 Å². The van der Waals surface area contributed by atoms with Gasteiger partial charge in [0, 0.05) is 11.2 Å². The van der Waals surface area contributed by atoms with Crippen LogP contribution in [0.25, 0.3) is 0 Å². The van der Waals surface area contributed by atoms with Crippen LogP contribution in [0.3, 0.4) is 0 Å². The average molecular weight is 513 g/mol. The van der Waals surface area contributed by atoms with Crippen molar-refractivity contribution in [1.82, 2.24) is 20.9 Å². The molecule has 1 aliphatic heterocycles. The normalized spacial score (nSPS) is 18.9. The van der Waals surface area contributed by atoms with E-state index < -0.39 is 53.3 Å². The van der Waals surface area contributed by atoms with Crippen molar-refractivity contribution in [2.45, 2.75) is 45.7 Å². The monoisotopic (exact) mass is 512 g/mol. The maximum atomic E-state index is 13.3. The lowest BCUT2D eigenvalue weighted by atomic mass is 9.83. The van der Waals surface area contributed by atoms with Gasteiger partial charge in [-0.15, -0.1) is 0 Å². The van der Waals surface area contributed by atoms with Crippen molar-refractivity contribution >= 4 is 41.0 Å². The molecule has 0 spiro atoms. The van der Waals surface area contributed by atoms with Crippen molar-refractivity contribution in [1.29, 1.82) is 0 Å². The summed E-state index contributed by atoms with van der Waals surface area (Å²) in [5.74, 6) is -4.86. The first kappa shape index (κ1) is 27.0.